The van der Waals surface area contributed by atoms with Gasteiger partial charge in [0.05, 0.1) is 10.0 Å². The highest BCUT2D eigenvalue weighted by atomic mass is 35.5. The molecule has 12 heavy (non-hydrogen) atoms. The number of allylic oxidation sites excluding steroid dienone is 1. The molecule has 0 aliphatic carbocycles. The zero-order chi connectivity index (χ0) is 8.97. The van der Waals surface area contributed by atoms with Gasteiger partial charge in [0.2, 0.25) is 0 Å². The zero-order valence-electron chi connectivity index (χ0n) is 6.69. The Labute approximate surface area is 82.8 Å². The van der Waals surface area contributed by atoms with E-state index in [1.807, 2.05) is 24.3 Å². The summed E-state index contributed by atoms with van der Waals surface area (Å²) in [7, 11) is 0. The molecule has 0 heterocycles. The van der Waals surface area contributed by atoms with Crippen LogP contribution in [0.4, 0.5) is 0 Å². The second-order valence-electron chi connectivity index (χ2n) is 2.58. The Balaban J connectivity index is 2.75. The van der Waals surface area contributed by atoms with Crippen molar-refractivity contribution in [2.75, 3.05) is 0 Å². The molecule has 0 nitrogen and oxygen atoms in total. The van der Waals surface area contributed by atoms with Crippen molar-refractivity contribution in [2.24, 2.45) is 0 Å². The van der Waals surface area contributed by atoms with Gasteiger partial charge in [-0.1, -0.05) is 35.3 Å². The molecule has 0 radical (unpaired) electrons. The van der Waals surface area contributed by atoms with Crippen LogP contribution in [0.15, 0.2) is 30.9 Å². The third kappa shape index (κ3) is 2.54. The third-order valence-electron chi connectivity index (χ3n) is 1.62. The molecule has 0 fully saturated rings. The van der Waals surface area contributed by atoms with Gasteiger partial charge in [0.1, 0.15) is 0 Å². The van der Waals surface area contributed by atoms with Gasteiger partial charge in [-0.25, -0.2) is 0 Å². The molecule has 1 aromatic rings. The third-order valence-corrected chi connectivity index (χ3v) is 2.36. The molecule has 0 aromatic heterocycles. The maximum absolute atomic E-state index is 5.83. The monoisotopic (exact) mass is 200 g/mol. The molecule has 0 spiro atoms. The minimum absolute atomic E-state index is 0.610. The number of benzene rings is 1. The van der Waals surface area contributed by atoms with Gasteiger partial charge in [-0.05, 0) is 30.5 Å². The van der Waals surface area contributed by atoms with Crippen LogP contribution in [-0.4, -0.2) is 0 Å². The molecule has 2 heteroatoms. The molecular weight excluding hydrogens is 191 g/mol. The average Bonchev–Trinajstić information content (AvgIpc) is 2.07. The Hall–Kier alpha value is -0.460. The van der Waals surface area contributed by atoms with Crippen LogP contribution in [-0.2, 0) is 6.42 Å². The summed E-state index contributed by atoms with van der Waals surface area (Å²) in [6.07, 6.45) is 3.83. The van der Waals surface area contributed by atoms with E-state index >= 15 is 0 Å². The van der Waals surface area contributed by atoms with E-state index < -0.39 is 0 Å². The summed E-state index contributed by atoms with van der Waals surface area (Å²) in [6, 6.07) is 5.70. The summed E-state index contributed by atoms with van der Waals surface area (Å²) >= 11 is 11.6. The standard InChI is InChI=1S/C10H10Cl2/c1-2-3-4-8-5-6-9(11)10(12)7-8/h2,5-7H,1,3-4H2. The number of hydrogen-bond acceptors (Lipinski definition) is 0. The van der Waals surface area contributed by atoms with Crippen molar-refractivity contribution in [1.29, 1.82) is 0 Å². The summed E-state index contributed by atoms with van der Waals surface area (Å²) in [5, 5.41) is 1.23. The Morgan fingerprint density at radius 1 is 1.25 bits per heavy atom. The van der Waals surface area contributed by atoms with E-state index in [0.717, 1.165) is 12.8 Å². The Morgan fingerprint density at radius 2 is 2.00 bits per heavy atom. The maximum Gasteiger partial charge on any atom is 0.0595 e. The SMILES string of the molecule is C=CCCc1ccc(Cl)c(Cl)c1. The van der Waals surface area contributed by atoms with Gasteiger partial charge in [0.15, 0.2) is 0 Å². The molecule has 0 aliphatic rings. The summed E-state index contributed by atoms with van der Waals surface area (Å²) in [5.41, 5.74) is 1.20. The molecule has 0 saturated carbocycles. The predicted molar refractivity (Wildman–Crippen MR) is 55.0 cm³/mol. The minimum Gasteiger partial charge on any atom is -0.103 e. The molecule has 1 aromatic carbocycles. The fourth-order valence-corrected chi connectivity index (χ4v) is 1.28. The van der Waals surface area contributed by atoms with Gasteiger partial charge in [-0.15, -0.1) is 6.58 Å². The smallest absolute Gasteiger partial charge is 0.0595 e. The van der Waals surface area contributed by atoms with Gasteiger partial charge in [0.25, 0.3) is 0 Å². The highest BCUT2D eigenvalue weighted by Crippen LogP contribution is 2.23. The van der Waals surface area contributed by atoms with Crippen LogP contribution in [0.5, 0.6) is 0 Å². The van der Waals surface area contributed by atoms with Crippen LogP contribution in [0.1, 0.15) is 12.0 Å². The fraction of sp³-hybridized carbons (Fsp3) is 0.200. The van der Waals surface area contributed by atoms with Gasteiger partial charge >= 0.3 is 0 Å². The highest BCUT2D eigenvalue weighted by molar-refractivity contribution is 6.42. The molecule has 1 rings (SSSR count). The van der Waals surface area contributed by atoms with Crippen molar-refractivity contribution < 1.29 is 0 Å². The predicted octanol–water partition coefficient (Wildman–Crippen LogP) is 4.11. The van der Waals surface area contributed by atoms with Gasteiger partial charge in [-0.3, -0.25) is 0 Å². The molecule has 0 amide bonds. The van der Waals surface area contributed by atoms with Crippen LogP contribution in [0.25, 0.3) is 0 Å². The molecular formula is C10H10Cl2. The molecule has 0 aliphatic heterocycles. The van der Waals surface area contributed by atoms with Crippen molar-refractivity contribution in [1.82, 2.24) is 0 Å². The van der Waals surface area contributed by atoms with Crippen LogP contribution in [0.3, 0.4) is 0 Å². The lowest BCUT2D eigenvalue weighted by Gasteiger charge is -2.00. The Kier molecular flexibility index (Phi) is 3.64. The highest BCUT2D eigenvalue weighted by Gasteiger charge is 1.97. The van der Waals surface area contributed by atoms with E-state index in [-0.39, 0.29) is 0 Å². The van der Waals surface area contributed by atoms with Crippen molar-refractivity contribution in [2.45, 2.75) is 12.8 Å². The van der Waals surface area contributed by atoms with Crippen LogP contribution in [0, 0.1) is 0 Å². The van der Waals surface area contributed by atoms with Crippen molar-refractivity contribution in [3.8, 4) is 0 Å². The first-order valence-electron chi connectivity index (χ1n) is 3.79. The van der Waals surface area contributed by atoms with E-state index in [1.54, 1.807) is 0 Å². The second kappa shape index (κ2) is 4.54. The van der Waals surface area contributed by atoms with E-state index in [9.17, 15) is 0 Å². The molecule has 0 unspecified atom stereocenters. The minimum atomic E-state index is 0.610. The van der Waals surface area contributed by atoms with E-state index in [2.05, 4.69) is 6.58 Å². The molecule has 0 saturated heterocycles. The van der Waals surface area contributed by atoms with E-state index in [0.29, 0.717) is 10.0 Å². The quantitative estimate of drug-likeness (QED) is 0.645. The maximum atomic E-state index is 5.83. The number of aryl methyl sites for hydroxylation is 1. The Morgan fingerprint density at radius 3 is 2.58 bits per heavy atom. The lowest BCUT2D eigenvalue weighted by molar-refractivity contribution is 1.00. The summed E-state index contributed by atoms with van der Waals surface area (Å²) in [5.74, 6) is 0. The van der Waals surface area contributed by atoms with Crippen LogP contribution < -0.4 is 0 Å². The van der Waals surface area contributed by atoms with Crippen LogP contribution >= 0.6 is 23.2 Å². The van der Waals surface area contributed by atoms with Gasteiger partial charge in [-0.2, -0.15) is 0 Å². The van der Waals surface area contributed by atoms with Crippen molar-refractivity contribution in [3.05, 3.63) is 46.5 Å². The van der Waals surface area contributed by atoms with Crippen molar-refractivity contribution >= 4 is 23.2 Å². The molecule has 0 N–H and O–H groups in total. The first kappa shape index (κ1) is 9.63. The summed E-state index contributed by atoms with van der Waals surface area (Å²) in [6.45, 7) is 3.66. The lowest BCUT2D eigenvalue weighted by Crippen LogP contribution is -1.82. The van der Waals surface area contributed by atoms with E-state index in [4.69, 9.17) is 23.2 Å². The van der Waals surface area contributed by atoms with Gasteiger partial charge in [0, 0.05) is 0 Å². The number of hydrogen-bond donors (Lipinski definition) is 0. The topological polar surface area (TPSA) is 0 Å². The number of halogens is 2. The summed E-state index contributed by atoms with van der Waals surface area (Å²) < 4.78 is 0. The molecule has 0 bridgehead atoms. The first-order chi connectivity index (χ1) is 5.74. The first-order valence-corrected chi connectivity index (χ1v) is 4.54. The zero-order valence-corrected chi connectivity index (χ0v) is 8.20. The largest absolute Gasteiger partial charge is 0.103 e. The van der Waals surface area contributed by atoms with Crippen molar-refractivity contribution in [3.63, 3.8) is 0 Å². The molecule has 64 valence electrons. The fourth-order valence-electron chi connectivity index (χ4n) is 0.964. The summed E-state index contributed by atoms with van der Waals surface area (Å²) in [4.78, 5) is 0. The average molecular weight is 201 g/mol. The van der Waals surface area contributed by atoms with Crippen LogP contribution in [0.2, 0.25) is 10.0 Å². The Bertz CT molecular complexity index is 279. The van der Waals surface area contributed by atoms with E-state index in [1.165, 1.54) is 5.56 Å². The molecule has 0 atom stereocenters. The lowest BCUT2D eigenvalue weighted by atomic mass is 10.1. The van der Waals surface area contributed by atoms with Gasteiger partial charge < -0.3 is 0 Å². The normalized spacial score (nSPS) is 9.83. The number of rotatable bonds is 3. The second-order valence-corrected chi connectivity index (χ2v) is 3.39.